The number of ether oxygens (including phenoxy) is 2. The SMILES string of the molecule is CCCCC(C)(CO)Nc1nc(N2COc3cc(OC)ccc3C2)nc2cc(-c3ccc(CN4CCN(C)CC4)nc3)cnc12. The number of unbranched alkanes of at least 4 members (excludes halogenated alkanes) is 1. The fraction of sp³-hybridized carbons (Fsp3) is 0.471. The van der Waals surface area contributed by atoms with Gasteiger partial charge in [0.05, 0.1) is 37.0 Å². The maximum Gasteiger partial charge on any atom is 0.230 e. The first-order valence-corrected chi connectivity index (χ1v) is 15.8. The summed E-state index contributed by atoms with van der Waals surface area (Å²) in [5.41, 5.74) is 4.80. The molecule has 0 saturated carbocycles. The second-order valence-electron chi connectivity index (χ2n) is 12.5. The summed E-state index contributed by atoms with van der Waals surface area (Å²) in [5, 5.41) is 13.9. The van der Waals surface area contributed by atoms with Crippen molar-refractivity contribution in [1.29, 1.82) is 0 Å². The Morgan fingerprint density at radius 2 is 1.84 bits per heavy atom. The summed E-state index contributed by atoms with van der Waals surface area (Å²) in [5.74, 6) is 2.67. The van der Waals surface area contributed by atoms with Gasteiger partial charge in [0.1, 0.15) is 17.0 Å². The lowest BCUT2D eigenvalue weighted by Crippen LogP contribution is -2.43. The van der Waals surface area contributed by atoms with Crippen LogP contribution in [0.3, 0.4) is 0 Å². The summed E-state index contributed by atoms with van der Waals surface area (Å²) in [7, 11) is 3.82. The van der Waals surface area contributed by atoms with E-state index in [2.05, 4.69) is 41.2 Å². The standard InChI is InChI=1S/C34H44N8O3/c1-5-6-11-34(2,22-43)39-32-31-29(37-33(38-32)42-20-25-8-10-28(44-4)17-30(25)45-23-42)16-26(19-36-31)24-7-9-27(35-18-24)21-41-14-12-40(3)13-15-41/h7-10,16-19,43H,5-6,11-15,20-23H2,1-4H3,(H,37,38,39). The zero-order chi connectivity index (χ0) is 31.4. The van der Waals surface area contributed by atoms with Crippen LogP contribution in [0.2, 0.25) is 0 Å². The van der Waals surface area contributed by atoms with Crippen LogP contribution in [0.5, 0.6) is 11.5 Å². The topological polar surface area (TPSA) is 112 Å². The van der Waals surface area contributed by atoms with Crippen LogP contribution in [0.25, 0.3) is 22.2 Å². The summed E-state index contributed by atoms with van der Waals surface area (Å²) in [6.45, 7) is 10.2. The number of rotatable bonds is 11. The molecule has 0 radical (unpaired) electrons. The highest BCUT2D eigenvalue weighted by atomic mass is 16.5. The van der Waals surface area contributed by atoms with Gasteiger partial charge in [-0.2, -0.15) is 4.98 Å². The van der Waals surface area contributed by atoms with Gasteiger partial charge in [-0.1, -0.05) is 25.8 Å². The Morgan fingerprint density at radius 3 is 2.58 bits per heavy atom. The van der Waals surface area contributed by atoms with Crippen LogP contribution in [-0.4, -0.2) is 94.1 Å². The van der Waals surface area contributed by atoms with Crippen LogP contribution in [0.1, 0.15) is 44.4 Å². The van der Waals surface area contributed by atoms with Crippen LogP contribution in [0.15, 0.2) is 48.8 Å². The van der Waals surface area contributed by atoms with Crippen molar-refractivity contribution in [3.05, 3.63) is 60.0 Å². The number of fused-ring (bicyclic) bond motifs is 2. The van der Waals surface area contributed by atoms with Gasteiger partial charge in [-0.15, -0.1) is 0 Å². The van der Waals surface area contributed by atoms with Crippen LogP contribution in [-0.2, 0) is 13.1 Å². The molecule has 1 fully saturated rings. The fourth-order valence-electron chi connectivity index (χ4n) is 5.80. The molecule has 1 saturated heterocycles. The smallest absolute Gasteiger partial charge is 0.230 e. The molecule has 238 valence electrons. The second-order valence-corrected chi connectivity index (χ2v) is 12.5. The molecule has 5 heterocycles. The first-order valence-electron chi connectivity index (χ1n) is 15.8. The van der Waals surface area contributed by atoms with Crippen molar-refractivity contribution in [3.8, 4) is 22.6 Å². The summed E-state index contributed by atoms with van der Waals surface area (Å²) in [4.78, 5) is 26.4. The summed E-state index contributed by atoms with van der Waals surface area (Å²) < 4.78 is 11.5. The molecular weight excluding hydrogens is 568 g/mol. The molecule has 2 N–H and O–H groups in total. The Labute approximate surface area is 265 Å². The van der Waals surface area contributed by atoms with Crippen LogP contribution in [0.4, 0.5) is 11.8 Å². The molecule has 1 aromatic carbocycles. The van der Waals surface area contributed by atoms with Gasteiger partial charge < -0.3 is 29.7 Å². The van der Waals surface area contributed by atoms with E-state index in [1.807, 2.05) is 48.5 Å². The Bertz CT molecular complexity index is 1610. The van der Waals surface area contributed by atoms with E-state index in [1.165, 1.54) is 0 Å². The second kappa shape index (κ2) is 13.5. The number of pyridine rings is 2. The van der Waals surface area contributed by atoms with Gasteiger partial charge >= 0.3 is 0 Å². The third kappa shape index (κ3) is 7.11. The lowest BCUT2D eigenvalue weighted by Gasteiger charge is -2.32. The van der Waals surface area contributed by atoms with Crippen molar-refractivity contribution in [1.82, 2.24) is 29.7 Å². The molecule has 11 heteroatoms. The predicted octanol–water partition coefficient (Wildman–Crippen LogP) is 4.55. The minimum Gasteiger partial charge on any atom is -0.497 e. The number of hydrogen-bond donors (Lipinski definition) is 2. The number of benzene rings is 1. The first kappa shape index (κ1) is 30.9. The minimum absolute atomic E-state index is 0.0277. The molecule has 45 heavy (non-hydrogen) atoms. The Hall–Kier alpha value is -4.06. The first-order chi connectivity index (χ1) is 21.9. The number of nitrogens with one attached hydrogen (secondary N) is 1. The van der Waals surface area contributed by atoms with E-state index in [0.717, 1.165) is 85.9 Å². The summed E-state index contributed by atoms with van der Waals surface area (Å²) >= 11 is 0. The van der Waals surface area contributed by atoms with E-state index in [4.69, 9.17) is 29.4 Å². The molecule has 3 aromatic heterocycles. The van der Waals surface area contributed by atoms with Gasteiger partial charge in [0.2, 0.25) is 5.95 Å². The fourth-order valence-corrected chi connectivity index (χ4v) is 5.80. The van der Waals surface area contributed by atoms with E-state index >= 15 is 0 Å². The van der Waals surface area contributed by atoms with E-state index in [0.29, 0.717) is 36.1 Å². The molecule has 11 nitrogen and oxygen atoms in total. The number of aliphatic hydroxyl groups excluding tert-OH is 1. The molecule has 4 aromatic rings. The Morgan fingerprint density at radius 1 is 1.02 bits per heavy atom. The zero-order valence-corrected chi connectivity index (χ0v) is 26.8. The third-order valence-electron chi connectivity index (χ3n) is 8.81. The number of nitrogens with zero attached hydrogens (tertiary/aromatic N) is 7. The molecule has 0 amide bonds. The number of aliphatic hydroxyl groups is 1. The van der Waals surface area contributed by atoms with Crippen molar-refractivity contribution >= 4 is 22.8 Å². The maximum atomic E-state index is 10.4. The minimum atomic E-state index is -0.556. The largest absolute Gasteiger partial charge is 0.497 e. The molecular formula is C34H44N8O3. The summed E-state index contributed by atoms with van der Waals surface area (Å²) in [6.07, 6.45) is 6.59. The number of aromatic nitrogens is 4. The molecule has 0 bridgehead atoms. The van der Waals surface area contributed by atoms with Crippen molar-refractivity contribution < 1.29 is 14.6 Å². The number of methoxy groups -OCH3 is 1. The molecule has 0 aliphatic carbocycles. The highest BCUT2D eigenvalue weighted by molar-refractivity contribution is 5.89. The van der Waals surface area contributed by atoms with E-state index in [1.54, 1.807) is 7.11 Å². The van der Waals surface area contributed by atoms with Crippen molar-refractivity contribution in [2.75, 3.05) is 63.9 Å². The lowest BCUT2D eigenvalue weighted by molar-refractivity contribution is 0.147. The number of hydrogen-bond acceptors (Lipinski definition) is 11. The molecule has 2 aliphatic heterocycles. The average molecular weight is 613 g/mol. The molecule has 0 spiro atoms. The normalized spacial score (nSPS) is 17.0. The molecule has 6 rings (SSSR count). The van der Waals surface area contributed by atoms with Crippen LogP contribution in [0, 0.1) is 0 Å². The van der Waals surface area contributed by atoms with Gasteiger partial charge in [0, 0.05) is 67.9 Å². The van der Waals surface area contributed by atoms with Crippen molar-refractivity contribution in [2.45, 2.75) is 51.7 Å². The van der Waals surface area contributed by atoms with Gasteiger partial charge in [-0.3, -0.25) is 14.9 Å². The number of piperazine rings is 1. The highest BCUT2D eigenvalue weighted by Gasteiger charge is 2.27. The Kier molecular flexibility index (Phi) is 9.29. The average Bonchev–Trinajstić information content (AvgIpc) is 3.08. The van der Waals surface area contributed by atoms with Crippen molar-refractivity contribution in [2.24, 2.45) is 0 Å². The lowest BCUT2D eigenvalue weighted by atomic mass is 9.96. The third-order valence-corrected chi connectivity index (χ3v) is 8.81. The molecule has 1 atom stereocenters. The number of anilines is 2. The quantitative estimate of drug-likeness (QED) is 0.249. The number of likely N-dealkylation sites (N-methyl/N-ethyl adjacent to an activating group) is 1. The van der Waals surface area contributed by atoms with Crippen LogP contribution < -0.4 is 19.7 Å². The van der Waals surface area contributed by atoms with Gasteiger partial charge in [0.15, 0.2) is 12.5 Å². The summed E-state index contributed by atoms with van der Waals surface area (Å²) in [6, 6.07) is 12.1. The van der Waals surface area contributed by atoms with Crippen molar-refractivity contribution in [3.63, 3.8) is 0 Å². The monoisotopic (exact) mass is 612 g/mol. The van der Waals surface area contributed by atoms with Gasteiger partial charge in [-0.05, 0) is 44.7 Å². The van der Waals surface area contributed by atoms with E-state index in [9.17, 15) is 5.11 Å². The van der Waals surface area contributed by atoms with E-state index < -0.39 is 5.54 Å². The molecule has 2 aliphatic rings. The van der Waals surface area contributed by atoms with Gasteiger partial charge in [-0.25, -0.2) is 4.98 Å². The Balaban J connectivity index is 1.31. The maximum absolute atomic E-state index is 10.4. The van der Waals surface area contributed by atoms with Gasteiger partial charge in [0.25, 0.3) is 0 Å². The zero-order valence-electron chi connectivity index (χ0n) is 26.8. The van der Waals surface area contributed by atoms with E-state index in [-0.39, 0.29) is 6.61 Å². The molecule has 1 unspecified atom stereocenters. The van der Waals surface area contributed by atoms with Crippen LogP contribution >= 0.6 is 0 Å². The highest BCUT2D eigenvalue weighted by Crippen LogP contribution is 2.33. The predicted molar refractivity (Wildman–Crippen MR) is 177 cm³/mol.